The second-order valence-electron chi connectivity index (χ2n) is 7.31. The highest BCUT2D eigenvalue weighted by Crippen LogP contribution is 2.36. The van der Waals surface area contributed by atoms with Gasteiger partial charge in [0.05, 0.1) is 21.9 Å². The van der Waals surface area contributed by atoms with E-state index in [9.17, 15) is 19.7 Å². The van der Waals surface area contributed by atoms with Crippen molar-refractivity contribution < 1.29 is 18.9 Å². The molecule has 32 heavy (non-hydrogen) atoms. The second-order valence-corrected chi connectivity index (χ2v) is 9.22. The van der Waals surface area contributed by atoms with Gasteiger partial charge in [0, 0.05) is 16.6 Å². The molecule has 0 spiro atoms. The number of aryl methyl sites for hydroxylation is 2. The Morgan fingerprint density at radius 3 is 2.59 bits per heavy atom. The number of carbonyl (C=O) groups is 2. The molecule has 0 saturated carbocycles. The fraction of sp³-hybridized carbons (Fsp3) is 0.130. The molecular weight excluding hydrogens is 496 g/mol. The van der Waals surface area contributed by atoms with Gasteiger partial charge in [-0.1, -0.05) is 28.1 Å². The van der Waals surface area contributed by atoms with Crippen molar-refractivity contribution in [2.45, 2.75) is 20.4 Å². The SMILES string of the molecule is Cc1cc(-c2ccc(/C=C3\SC(=O)N(Cc4cccc(Br)c4)C3=O)o2)c([N+](=O)[O-])cc1C. The van der Waals surface area contributed by atoms with E-state index in [0.29, 0.717) is 17.1 Å². The van der Waals surface area contributed by atoms with Gasteiger partial charge in [0.2, 0.25) is 0 Å². The van der Waals surface area contributed by atoms with Crippen LogP contribution in [0.1, 0.15) is 22.5 Å². The molecule has 2 amide bonds. The molecule has 2 aromatic carbocycles. The molecule has 2 heterocycles. The highest BCUT2D eigenvalue weighted by atomic mass is 79.9. The number of benzene rings is 2. The topological polar surface area (TPSA) is 93.7 Å². The lowest BCUT2D eigenvalue weighted by Gasteiger charge is -2.12. The fourth-order valence-corrected chi connectivity index (χ4v) is 4.57. The Morgan fingerprint density at radius 2 is 1.88 bits per heavy atom. The predicted molar refractivity (Wildman–Crippen MR) is 126 cm³/mol. The van der Waals surface area contributed by atoms with Gasteiger partial charge in [-0.05, 0) is 72.6 Å². The summed E-state index contributed by atoms with van der Waals surface area (Å²) in [5.74, 6) is 0.245. The van der Waals surface area contributed by atoms with Crippen LogP contribution in [0.15, 0.2) is 62.3 Å². The molecule has 0 unspecified atom stereocenters. The number of hydrogen-bond acceptors (Lipinski definition) is 6. The minimum atomic E-state index is -0.447. The number of hydrogen-bond donors (Lipinski definition) is 0. The summed E-state index contributed by atoms with van der Waals surface area (Å²) in [4.78, 5) is 37.6. The number of halogens is 1. The molecule has 4 rings (SSSR count). The van der Waals surface area contributed by atoms with Crippen molar-refractivity contribution in [1.29, 1.82) is 0 Å². The third kappa shape index (κ3) is 4.39. The number of thioether (sulfide) groups is 1. The molecule has 1 aliphatic heterocycles. The highest BCUT2D eigenvalue weighted by molar-refractivity contribution is 9.10. The maximum absolute atomic E-state index is 12.8. The minimum absolute atomic E-state index is 0.0525. The summed E-state index contributed by atoms with van der Waals surface area (Å²) in [6.45, 7) is 3.84. The quantitative estimate of drug-likeness (QED) is 0.221. The van der Waals surface area contributed by atoms with Gasteiger partial charge in [-0.15, -0.1) is 0 Å². The Kier molecular flexibility index (Phi) is 6.03. The lowest BCUT2D eigenvalue weighted by atomic mass is 10.0. The molecule has 1 saturated heterocycles. The number of nitro groups is 1. The van der Waals surface area contributed by atoms with Crippen LogP contribution in [0, 0.1) is 24.0 Å². The molecule has 0 N–H and O–H groups in total. The van der Waals surface area contributed by atoms with Crippen LogP contribution < -0.4 is 0 Å². The molecule has 1 aliphatic rings. The Morgan fingerprint density at radius 1 is 1.12 bits per heavy atom. The Hall–Kier alpha value is -3.17. The fourth-order valence-electron chi connectivity index (χ4n) is 3.31. The van der Waals surface area contributed by atoms with Crippen molar-refractivity contribution in [3.05, 3.63) is 90.5 Å². The van der Waals surface area contributed by atoms with Crippen LogP contribution in [-0.4, -0.2) is 21.0 Å². The molecule has 9 heteroatoms. The maximum atomic E-state index is 12.8. The van der Waals surface area contributed by atoms with Gasteiger partial charge in [0.25, 0.3) is 16.8 Å². The molecule has 7 nitrogen and oxygen atoms in total. The first-order valence-electron chi connectivity index (χ1n) is 9.58. The smallest absolute Gasteiger partial charge is 0.293 e. The van der Waals surface area contributed by atoms with Crippen molar-refractivity contribution >= 4 is 50.6 Å². The summed E-state index contributed by atoms with van der Waals surface area (Å²) >= 11 is 4.22. The van der Waals surface area contributed by atoms with Gasteiger partial charge in [0.1, 0.15) is 11.5 Å². The van der Waals surface area contributed by atoms with Crippen LogP contribution in [0.2, 0.25) is 0 Å². The van der Waals surface area contributed by atoms with Crippen LogP contribution in [0.3, 0.4) is 0 Å². The van der Waals surface area contributed by atoms with E-state index in [1.165, 1.54) is 17.0 Å². The van der Waals surface area contributed by atoms with Crippen molar-refractivity contribution in [2.75, 3.05) is 0 Å². The van der Waals surface area contributed by atoms with Crippen molar-refractivity contribution in [1.82, 2.24) is 4.90 Å². The van der Waals surface area contributed by atoms with Crippen LogP contribution in [0.25, 0.3) is 17.4 Å². The average molecular weight is 513 g/mol. The third-order valence-electron chi connectivity index (χ3n) is 5.08. The van der Waals surface area contributed by atoms with E-state index in [2.05, 4.69) is 15.9 Å². The molecule has 3 aromatic rings. The number of nitro benzene ring substituents is 1. The Balaban J connectivity index is 1.60. The second kappa shape index (κ2) is 8.76. The molecular formula is C23H17BrN2O5S. The van der Waals surface area contributed by atoms with Crippen LogP contribution in [0.4, 0.5) is 10.5 Å². The van der Waals surface area contributed by atoms with E-state index >= 15 is 0 Å². The molecule has 1 aromatic heterocycles. The molecule has 0 aliphatic carbocycles. The van der Waals surface area contributed by atoms with Crippen molar-refractivity contribution in [3.8, 4) is 11.3 Å². The first-order chi connectivity index (χ1) is 15.2. The maximum Gasteiger partial charge on any atom is 0.293 e. The number of carbonyl (C=O) groups excluding carboxylic acids is 2. The van der Waals surface area contributed by atoms with E-state index in [1.807, 2.05) is 38.1 Å². The van der Waals surface area contributed by atoms with Crippen LogP contribution >= 0.6 is 27.7 Å². The highest BCUT2D eigenvalue weighted by Gasteiger charge is 2.35. The third-order valence-corrected chi connectivity index (χ3v) is 6.48. The molecule has 0 radical (unpaired) electrons. The Labute approximate surface area is 196 Å². The number of rotatable bonds is 5. The average Bonchev–Trinajstić information content (AvgIpc) is 3.30. The summed E-state index contributed by atoms with van der Waals surface area (Å²) in [6.07, 6.45) is 1.49. The standard InChI is InChI=1S/C23H17BrN2O5S/c1-13-8-18(19(26(29)30)9-14(13)2)20-7-6-17(31-20)11-21-22(27)25(23(28)32-21)12-15-4-3-5-16(24)10-15/h3-11H,12H2,1-2H3/b21-11-. The Bertz CT molecular complexity index is 1300. The van der Waals surface area contributed by atoms with E-state index in [1.54, 1.807) is 18.2 Å². The van der Waals surface area contributed by atoms with Crippen molar-refractivity contribution in [3.63, 3.8) is 0 Å². The number of nitrogens with zero attached hydrogens (tertiary/aromatic N) is 2. The summed E-state index contributed by atoms with van der Waals surface area (Å²) in [5.41, 5.74) is 2.85. The van der Waals surface area contributed by atoms with E-state index < -0.39 is 10.8 Å². The van der Waals surface area contributed by atoms with Gasteiger partial charge in [-0.25, -0.2) is 0 Å². The largest absolute Gasteiger partial charge is 0.456 e. The molecule has 0 atom stereocenters. The zero-order valence-electron chi connectivity index (χ0n) is 17.1. The lowest BCUT2D eigenvalue weighted by molar-refractivity contribution is -0.384. The summed E-state index contributed by atoms with van der Waals surface area (Å²) in [6, 6.07) is 13.9. The van der Waals surface area contributed by atoms with Crippen LogP contribution in [-0.2, 0) is 11.3 Å². The zero-order valence-corrected chi connectivity index (χ0v) is 19.5. The van der Waals surface area contributed by atoms with Gasteiger partial charge >= 0.3 is 0 Å². The monoisotopic (exact) mass is 512 g/mol. The van der Waals surface area contributed by atoms with E-state index in [0.717, 1.165) is 32.9 Å². The normalized spacial score (nSPS) is 15.1. The molecule has 1 fully saturated rings. The number of amides is 2. The van der Waals surface area contributed by atoms with Gasteiger partial charge in [-0.2, -0.15) is 0 Å². The zero-order chi connectivity index (χ0) is 23.0. The van der Waals surface area contributed by atoms with Crippen molar-refractivity contribution in [2.24, 2.45) is 0 Å². The lowest BCUT2D eigenvalue weighted by Crippen LogP contribution is -2.27. The minimum Gasteiger partial charge on any atom is -0.456 e. The summed E-state index contributed by atoms with van der Waals surface area (Å²) in [7, 11) is 0. The van der Waals surface area contributed by atoms with Gasteiger partial charge < -0.3 is 4.42 Å². The predicted octanol–water partition coefficient (Wildman–Crippen LogP) is 6.47. The van der Waals surface area contributed by atoms with Crippen LogP contribution in [0.5, 0.6) is 0 Å². The summed E-state index contributed by atoms with van der Waals surface area (Å²) < 4.78 is 6.65. The van der Waals surface area contributed by atoms with Gasteiger partial charge in [0.15, 0.2) is 0 Å². The first-order valence-corrected chi connectivity index (χ1v) is 11.2. The summed E-state index contributed by atoms with van der Waals surface area (Å²) in [5, 5.41) is 11.1. The van der Waals surface area contributed by atoms with E-state index in [-0.39, 0.29) is 22.4 Å². The number of imide groups is 1. The molecule has 162 valence electrons. The first kappa shape index (κ1) is 22.0. The van der Waals surface area contributed by atoms with E-state index in [4.69, 9.17) is 4.42 Å². The number of furan rings is 1. The molecule has 0 bridgehead atoms. The van der Waals surface area contributed by atoms with Gasteiger partial charge in [-0.3, -0.25) is 24.6 Å².